The molecule has 31 heavy (non-hydrogen) atoms. The molecule has 4 rings (SSSR count). The van der Waals surface area contributed by atoms with E-state index in [4.69, 9.17) is 4.74 Å². The number of aromatic nitrogens is 2. The summed E-state index contributed by atoms with van der Waals surface area (Å²) in [4.78, 5) is 27.2. The van der Waals surface area contributed by atoms with E-state index in [1.165, 1.54) is 13.1 Å². The van der Waals surface area contributed by atoms with Crippen molar-refractivity contribution in [2.75, 3.05) is 36.5 Å². The van der Waals surface area contributed by atoms with Crippen molar-refractivity contribution in [1.29, 1.82) is 0 Å². The van der Waals surface area contributed by atoms with Crippen molar-refractivity contribution in [3.63, 3.8) is 0 Å². The molecule has 10 heteroatoms. The number of carbonyl (C=O) groups is 1. The van der Waals surface area contributed by atoms with Crippen molar-refractivity contribution < 1.29 is 22.7 Å². The maximum Gasteiger partial charge on any atom is 0.416 e. The van der Waals surface area contributed by atoms with Crippen molar-refractivity contribution in [2.24, 2.45) is 7.05 Å². The third-order valence-electron chi connectivity index (χ3n) is 5.10. The first kappa shape index (κ1) is 20.9. The van der Waals surface area contributed by atoms with Crippen molar-refractivity contribution in [3.05, 3.63) is 64.1 Å². The van der Waals surface area contributed by atoms with E-state index in [-0.39, 0.29) is 16.9 Å². The first-order valence-corrected chi connectivity index (χ1v) is 9.57. The van der Waals surface area contributed by atoms with E-state index in [0.29, 0.717) is 42.8 Å². The van der Waals surface area contributed by atoms with Crippen LogP contribution in [0.2, 0.25) is 0 Å². The molecule has 2 heterocycles. The third kappa shape index (κ3) is 4.11. The number of rotatable bonds is 3. The van der Waals surface area contributed by atoms with Gasteiger partial charge in [-0.1, -0.05) is 18.2 Å². The summed E-state index contributed by atoms with van der Waals surface area (Å²) < 4.78 is 46.3. The fourth-order valence-corrected chi connectivity index (χ4v) is 3.54. The van der Waals surface area contributed by atoms with Gasteiger partial charge in [-0.3, -0.25) is 9.59 Å². The van der Waals surface area contributed by atoms with Gasteiger partial charge in [0.2, 0.25) is 0 Å². The summed E-state index contributed by atoms with van der Waals surface area (Å²) in [6.45, 7) is 1.83. The molecular formula is C21H19F3N4O3. The van der Waals surface area contributed by atoms with Crippen LogP contribution in [0.15, 0.2) is 47.3 Å². The first-order chi connectivity index (χ1) is 14.8. The van der Waals surface area contributed by atoms with E-state index in [1.54, 1.807) is 24.3 Å². The van der Waals surface area contributed by atoms with Gasteiger partial charge < -0.3 is 15.0 Å². The molecule has 1 aromatic heterocycles. The average molecular weight is 432 g/mol. The zero-order valence-electron chi connectivity index (χ0n) is 16.6. The molecule has 3 aromatic rings. The van der Waals surface area contributed by atoms with Gasteiger partial charge in [0.15, 0.2) is 5.69 Å². The summed E-state index contributed by atoms with van der Waals surface area (Å²) in [6.07, 6.45) is -4.56. The number of aryl methyl sites for hydroxylation is 1. The average Bonchev–Trinajstić information content (AvgIpc) is 2.76. The Labute approximate surface area is 175 Å². The van der Waals surface area contributed by atoms with E-state index in [9.17, 15) is 22.8 Å². The second-order valence-corrected chi connectivity index (χ2v) is 7.11. The second kappa shape index (κ2) is 8.03. The number of fused-ring (bicyclic) bond motifs is 1. The Morgan fingerprint density at radius 3 is 2.45 bits per heavy atom. The van der Waals surface area contributed by atoms with Gasteiger partial charge in [-0.05, 0) is 24.3 Å². The van der Waals surface area contributed by atoms with Crippen LogP contribution in [0.1, 0.15) is 16.1 Å². The first-order valence-electron chi connectivity index (χ1n) is 9.57. The molecule has 2 aromatic carbocycles. The standard InChI is InChI=1S/C21H19F3N4O3/c1-27-20(30)15-5-3-2-4-14(15)18(26-27)19(29)25-16-12-13(21(22,23)24)6-7-17(16)28-8-10-31-11-9-28/h2-7,12H,8-11H2,1H3,(H,25,29). The molecule has 1 aliphatic rings. The normalized spacial score (nSPS) is 14.6. The molecular weight excluding hydrogens is 413 g/mol. The number of alkyl halides is 3. The summed E-state index contributed by atoms with van der Waals surface area (Å²) in [7, 11) is 1.41. The lowest BCUT2D eigenvalue weighted by Crippen LogP contribution is -2.37. The number of benzene rings is 2. The number of nitrogens with zero attached hydrogens (tertiary/aromatic N) is 3. The van der Waals surface area contributed by atoms with Gasteiger partial charge in [-0.2, -0.15) is 18.3 Å². The smallest absolute Gasteiger partial charge is 0.378 e. The molecule has 0 unspecified atom stereocenters. The van der Waals surface area contributed by atoms with E-state index in [0.717, 1.165) is 16.8 Å². The van der Waals surface area contributed by atoms with Crippen molar-refractivity contribution in [2.45, 2.75) is 6.18 Å². The molecule has 0 radical (unpaired) electrons. The second-order valence-electron chi connectivity index (χ2n) is 7.11. The molecule has 7 nitrogen and oxygen atoms in total. The molecule has 0 atom stereocenters. The van der Waals surface area contributed by atoms with Gasteiger partial charge in [-0.25, -0.2) is 4.68 Å². The predicted octanol–water partition coefficient (Wildman–Crippen LogP) is 3.04. The summed E-state index contributed by atoms with van der Waals surface area (Å²) >= 11 is 0. The summed E-state index contributed by atoms with van der Waals surface area (Å²) in [5.74, 6) is -0.708. The van der Waals surface area contributed by atoms with Crippen LogP contribution in [-0.2, 0) is 18.0 Å². The van der Waals surface area contributed by atoms with E-state index < -0.39 is 17.6 Å². The largest absolute Gasteiger partial charge is 0.416 e. The van der Waals surface area contributed by atoms with Crippen LogP contribution in [0.3, 0.4) is 0 Å². The van der Waals surface area contributed by atoms with Crippen molar-refractivity contribution in [3.8, 4) is 0 Å². The zero-order chi connectivity index (χ0) is 22.2. The Hall–Kier alpha value is -3.40. The van der Waals surface area contributed by atoms with Gasteiger partial charge in [0.05, 0.1) is 35.5 Å². The number of nitrogens with one attached hydrogen (secondary N) is 1. The van der Waals surface area contributed by atoms with E-state index in [1.807, 2.05) is 4.90 Å². The molecule has 162 valence electrons. The number of anilines is 2. The third-order valence-corrected chi connectivity index (χ3v) is 5.10. The molecule has 1 saturated heterocycles. The highest BCUT2D eigenvalue weighted by molar-refractivity contribution is 6.12. The molecule has 0 spiro atoms. The van der Waals surface area contributed by atoms with Crippen LogP contribution in [0.4, 0.5) is 24.5 Å². The zero-order valence-corrected chi connectivity index (χ0v) is 16.6. The quantitative estimate of drug-likeness (QED) is 0.689. The molecule has 0 saturated carbocycles. The molecule has 1 N–H and O–H groups in total. The fraction of sp³-hybridized carbons (Fsp3) is 0.286. The molecule has 0 bridgehead atoms. The van der Waals surface area contributed by atoms with Crippen LogP contribution in [0.5, 0.6) is 0 Å². The lowest BCUT2D eigenvalue weighted by atomic mass is 10.1. The lowest BCUT2D eigenvalue weighted by Gasteiger charge is -2.31. The van der Waals surface area contributed by atoms with Gasteiger partial charge in [0.1, 0.15) is 0 Å². The van der Waals surface area contributed by atoms with Gasteiger partial charge >= 0.3 is 6.18 Å². The Morgan fingerprint density at radius 2 is 1.77 bits per heavy atom. The predicted molar refractivity (Wildman–Crippen MR) is 109 cm³/mol. The maximum atomic E-state index is 13.3. The van der Waals surface area contributed by atoms with E-state index in [2.05, 4.69) is 10.4 Å². The highest BCUT2D eigenvalue weighted by Gasteiger charge is 2.32. The number of amides is 1. The monoisotopic (exact) mass is 432 g/mol. The summed E-state index contributed by atoms with van der Waals surface area (Å²) in [5.41, 5.74) is -0.832. The molecule has 1 fully saturated rings. The number of hydrogen-bond donors (Lipinski definition) is 1. The Balaban J connectivity index is 1.78. The molecule has 1 aliphatic heterocycles. The summed E-state index contributed by atoms with van der Waals surface area (Å²) in [6, 6.07) is 9.70. The van der Waals surface area contributed by atoms with Crippen LogP contribution in [0, 0.1) is 0 Å². The fourth-order valence-electron chi connectivity index (χ4n) is 3.54. The van der Waals surface area contributed by atoms with Crippen LogP contribution >= 0.6 is 0 Å². The Kier molecular flexibility index (Phi) is 5.40. The minimum absolute atomic E-state index is 0.0152. The van der Waals surface area contributed by atoms with Gasteiger partial charge in [0, 0.05) is 25.5 Å². The maximum absolute atomic E-state index is 13.3. The number of carbonyl (C=O) groups excluding carboxylic acids is 1. The lowest BCUT2D eigenvalue weighted by molar-refractivity contribution is -0.137. The Bertz CT molecular complexity index is 1200. The SMILES string of the molecule is Cn1nc(C(=O)Nc2cc(C(F)(F)F)ccc2N2CCOCC2)c2ccccc2c1=O. The number of ether oxygens (including phenoxy) is 1. The van der Waals surface area contributed by atoms with Gasteiger partial charge in [-0.15, -0.1) is 0 Å². The number of hydrogen-bond acceptors (Lipinski definition) is 5. The Morgan fingerprint density at radius 1 is 1.10 bits per heavy atom. The number of halogens is 3. The highest BCUT2D eigenvalue weighted by atomic mass is 19.4. The van der Waals surface area contributed by atoms with Crippen LogP contribution in [-0.4, -0.2) is 42.0 Å². The van der Waals surface area contributed by atoms with Crippen LogP contribution < -0.4 is 15.8 Å². The van der Waals surface area contributed by atoms with Crippen molar-refractivity contribution >= 4 is 28.1 Å². The van der Waals surface area contributed by atoms with Crippen LogP contribution in [0.25, 0.3) is 10.8 Å². The van der Waals surface area contributed by atoms with Crippen molar-refractivity contribution in [1.82, 2.24) is 9.78 Å². The topological polar surface area (TPSA) is 76.5 Å². The van der Waals surface area contributed by atoms with E-state index >= 15 is 0 Å². The minimum Gasteiger partial charge on any atom is -0.378 e. The minimum atomic E-state index is -4.56. The molecule has 1 amide bonds. The summed E-state index contributed by atoms with van der Waals surface area (Å²) in [5, 5.41) is 7.24. The highest BCUT2D eigenvalue weighted by Crippen LogP contribution is 2.36. The number of morpholine rings is 1. The van der Waals surface area contributed by atoms with Gasteiger partial charge in [0.25, 0.3) is 11.5 Å². The molecule has 0 aliphatic carbocycles.